The summed E-state index contributed by atoms with van der Waals surface area (Å²) in [5.74, 6) is 1.76. The second-order valence-corrected chi connectivity index (χ2v) is 4.95. The number of nitrogens with one attached hydrogen (secondary N) is 1. The molecular formula is C15H18N2OS. The van der Waals surface area contributed by atoms with Gasteiger partial charge in [-0.05, 0) is 31.5 Å². The summed E-state index contributed by atoms with van der Waals surface area (Å²) < 4.78 is 6.03. The molecule has 0 saturated heterocycles. The Labute approximate surface area is 118 Å². The molecule has 0 aliphatic rings. The number of rotatable bonds is 4. The fourth-order valence-corrected chi connectivity index (χ4v) is 2.27. The van der Waals surface area contributed by atoms with Crippen LogP contribution in [-0.2, 0) is 6.42 Å². The maximum absolute atomic E-state index is 5.42. The van der Waals surface area contributed by atoms with E-state index in [0.717, 1.165) is 35.7 Å². The van der Waals surface area contributed by atoms with Gasteiger partial charge in [-0.2, -0.15) is 0 Å². The lowest BCUT2D eigenvalue weighted by Crippen LogP contribution is -1.98. The Morgan fingerprint density at radius 1 is 1.32 bits per heavy atom. The highest BCUT2D eigenvalue weighted by atomic mass is 32.1. The van der Waals surface area contributed by atoms with Gasteiger partial charge in [0.1, 0.15) is 16.2 Å². The second kappa shape index (κ2) is 5.97. The van der Waals surface area contributed by atoms with Crippen LogP contribution in [0.15, 0.2) is 24.3 Å². The van der Waals surface area contributed by atoms with Gasteiger partial charge < -0.3 is 9.72 Å². The normalized spacial score (nSPS) is 10.5. The standard InChI is InChI=1S/C15H18N2OS/c1-4-5-14-16-12(9-15(19)17-14)11-8-10(2)6-7-13(11)18-3/h6-9H,4-5H2,1-3H3,(H,16,17,19). The molecule has 1 N–H and O–H groups in total. The monoisotopic (exact) mass is 274 g/mol. The third kappa shape index (κ3) is 3.20. The van der Waals surface area contributed by atoms with E-state index in [-0.39, 0.29) is 0 Å². The van der Waals surface area contributed by atoms with Crippen LogP contribution in [0, 0.1) is 11.6 Å². The number of nitrogens with zero attached hydrogens (tertiary/aromatic N) is 1. The molecule has 0 saturated carbocycles. The van der Waals surface area contributed by atoms with Crippen LogP contribution in [0.4, 0.5) is 0 Å². The van der Waals surface area contributed by atoms with Gasteiger partial charge in [-0.25, -0.2) is 4.98 Å². The largest absolute Gasteiger partial charge is 0.496 e. The van der Waals surface area contributed by atoms with E-state index in [1.165, 1.54) is 5.56 Å². The molecule has 0 atom stereocenters. The molecule has 2 rings (SSSR count). The quantitative estimate of drug-likeness (QED) is 0.854. The van der Waals surface area contributed by atoms with Gasteiger partial charge in [0.05, 0.1) is 12.8 Å². The van der Waals surface area contributed by atoms with Crippen LogP contribution < -0.4 is 4.74 Å². The Kier molecular flexibility index (Phi) is 4.32. The number of hydrogen-bond acceptors (Lipinski definition) is 3. The number of benzene rings is 1. The van der Waals surface area contributed by atoms with Gasteiger partial charge in [-0.3, -0.25) is 0 Å². The van der Waals surface area contributed by atoms with Crippen molar-refractivity contribution in [3.05, 3.63) is 40.3 Å². The van der Waals surface area contributed by atoms with Crippen molar-refractivity contribution in [2.45, 2.75) is 26.7 Å². The van der Waals surface area contributed by atoms with Crippen LogP contribution in [0.5, 0.6) is 5.75 Å². The van der Waals surface area contributed by atoms with Crippen LogP contribution >= 0.6 is 12.2 Å². The van der Waals surface area contributed by atoms with Crippen molar-refractivity contribution >= 4 is 12.2 Å². The average molecular weight is 274 g/mol. The van der Waals surface area contributed by atoms with Crippen molar-refractivity contribution < 1.29 is 4.74 Å². The molecule has 0 amide bonds. The predicted molar refractivity (Wildman–Crippen MR) is 80.1 cm³/mol. The summed E-state index contributed by atoms with van der Waals surface area (Å²) in [5.41, 5.74) is 3.17. The van der Waals surface area contributed by atoms with E-state index in [1.54, 1.807) is 7.11 Å². The van der Waals surface area contributed by atoms with E-state index in [0.29, 0.717) is 4.64 Å². The molecule has 3 nitrogen and oxygen atoms in total. The summed E-state index contributed by atoms with van der Waals surface area (Å²) in [4.78, 5) is 7.69. The third-order valence-corrected chi connectivity index (χ3v) is 3.13. The summed E-state index contributed by atoms with van der Waals surface area (Å²) in [7, 11) is 1.68. The van der Waals surface area contributed by atoms with Crippen molar-refractivity contribution in [3.8, 4) is 17.0 Å². The minimum atomic E-state index is 0.612. The molecule has 0 unspecified atom stereocenters. The van der Waals surface area contributed by atoms with Gasteiger partial charge in [0.2, 0.25) is 0 Å². The zero-order chi connectivity index (χ0) is 13.8. The number of H-pyrrole nitrogens is 1. The number of aromatic amines is 1. The molecule has 0 aliphatic carbocycles. The van der Waals surface area contributed by atoms with Crippen molar-refractivity contribution in [2.75, 3.05) is 7.11 Å². The number of aryl methyl sites for hydroxylation is 2. The van der Waals surface area contributed by atoms with E-state index < -0.39 is 0 Å². The number of aromatic nitrogens is 2. The lowest BCUT2D eigenvalue weighted by Gasteiger charge is -2.11. The van der Waals surface area contributed by atoms with Crippen LogP contribution in [-0.4, -0.2) is 17.1 Å². The van der Waals surface area contributed by atoms with Gasteiger partial charge in [-0.1, -0.05) is 30.8 Å². The summed E-state index contributed by atoms with van der Waals surface area (Å²) in [5, 5.41) is 0. The minimum absolute atomic E-state index is 0.612. The molecule has 1 aromatic heterocycles. The highest BCUT2D eigenvalue weighted by Gasteiger charge is 2.08. The molecule has 0 spiro atoms. The molecular weight excluding hydrogens is 256 g/mol. The van der Waals surface area contributed by atoms with E-state index in [9.17, 15) is 0 Å². The average Bonchev–Trinajstić information content (AvgIpc) is 2.38. The molecule has 0 radical (unpaired) electrons. The molecule has 0 bridgehead atoms. The number of methoxy groups -OCH3 is 1. The van der Waals surface area contributed by atoms with Crippen molar-refractivity contribution in [3.63, 3.8) is 0 Å². The Hall–Kier alpha value is -1.68. The fourth-order valence-electron chi connectivity index (χ4n) is 2.04. The lowest BCUT2D eigenvalue weighted by molar-refractivity contribution is 0.416. The molecule has 2 aromatic rings. The first kappa shape index (κ1) is 13.7. The maximum Gasteiger partial charge on any atom is 0.130 e. The Bertz CT molecular complexity index is 634. The van der Waals surface area contributed by atoms with E-state index >= 15 is 0 Å². The predicted octanol–water partition coefficient (Wildman–Crippen LogP) is 4.08. The first-order valence-corrected chi connectivity index (χ1v) is 6.80. The molecule has 4 heteroatoms. The fraction of sp³-hybridized carbons (Fsp3) is 0.333. The van der Waals surface area contributed by atoms with Gasteiger partial charge in [0.15, 0.2) is 0 Å². The highest BCUT2D eigenvalue weighted by Crippen LogP contribution is 2.29. The Morgan fingerprint density at radius 3 is 2.79 bits per heavy atom. The summed E-state index contributed by atoms with van der Waals surface area (Å²) in [6.45, 7) is 4.18. The smallest absolute Gasteiger partial charge is 0.130 e. The van der Waals surface area contributed by atoms with Gasteiger partial charge in [0, 0.05) is 12.0 Å². The topological polar surface area (TPSA) is 37.9 Å². The van der Waals surface area contributed by atoms with Crippen molar-refractivity contribution in [2.24, 2.45) is 0 Å². The zero-order valence-corrected chi connectivity index (χ0v) is 12.3. The maximum atomic E-state index is 5.42. The SMILES string of the molecule is CCCc1nc(=S)cc(-c2cc(C)ccc2OC)[nH]1. The molecule has 100 valence electrons. The van der Waals surface area contributed by atoms with E-state index in [1.807, 2.05) is 18.2 Å². The molecule has 1 aromatic carbocycles. The van der Waals surface area contributed by atoms with Crippen LogP contribution in [0.2, 0.25) is 0 Å². The van der Waals surface area contributed by atoms with Crippen LogP contribution in [0.1, 0.15) is 24.7 Å². The lowest BCUT2D eigenvalue weighted by atomic mass is 10.1. The minimum Gasteiger partial charge on any atom is -0.496 e. The van der Waals surface area contributed by atoms with E-state index in [4.69, 9.17) is 17.0 Å². The number of hydrogen-bond donors (Lipinski definition) is 1. The Morgan fingerprint density at radius 2 is 2.11 bits per heavy atom. The third-order valence-electron chi connectivity index (χ3n) is 2.92. The molecule has 0 aliphatic heterocycles. The molecule has 1 heterocycles. The second-order valence-electron chi connectivity index (χ2n) is 4.53. The van der Waals surface area contributed by atoms with Crippen LogP contribution in [0.25, 0.3) is 11.3 Å². The Balaban J connectivity index is 2.57. The van der Waals surface area contributed by atoms with Gasteiger partial charge in [-0.15, -0.1) is 0 Å². The summed E-state index contributed by atoms with van der Waals surface area (Å²) in [6.07, 6.45) is 1.93. The first-order chi connectivity index (χ1) is 9.13. The van der Waals surface area contributed by atoms with Gasteiger partial charge >= 0.3 is 0 Å². The first-order valence-electron chi connectivity index (χ1n) is 6.39. The summed E-state index contributed by atoms with van der Waals surface area (Å²) >= 11 is 5.24. The van der Waals surface area contributed by atoms with Crippen molar-refractivity contribution in [1.29, 1.82) is 0 Å². The van der Waals surface area contributed by atoms with Gasteiger partial charge in [0.25, 0.3) is 0 Å². The zero-order valence-electron chi connectivity index (χ0n) is 11.5. The van der Waals surface area contributed by atoms with Crippen molar-refractivity contribution in [1.82, 2.24) is 9.97 Å². The molecule has 0 fully saturated rings. The molecule has 19 heavy (non-hydrogen) atoms. The summed E-state index contributed by atoms with van der Waals surface area (Å²) in [6, 6.07) is 7.98. The highest BCUT2D eigenvalue weighted by molar-refractivity contribution is 7.71. The van der Waals surface area contributed by atoms with E-state index in [2.05, 4.69) is 29.9 Å². The van der Waals surface area contributed by atoms with Crippen LogP contribution in [0.3, 0.4) is 0 Å². The number of ether oxygens (including phenoxy) is 1.